The van der Waals surface area contributed by atoms with Crippen molar-refractivity contribution in [1.82, 2.24) is 14.5 Å². The molecule has 0 aliphatic heterocycles. The van der Waals surface area contributed by atoms with Gasteiger partial charge in [-0.05, 0) is 32.8 Å². The number of hydrogen-bond donors (Lipinski definition) is 0. The van der Waals surface area contributed by atoms with Gasteiger partial charge in [0.05, 0.1) is 0 Å². The number of nitrogens with zero attached hydrogens (tertiary/aromatic N) is 3. The first-order valence-corrected chi connectivity index (χ1v) is 8.22. The Bertz CT molecular complexity index is 661. The lowest BCUT2D eigenvalue weighted by Gasteiger charge is -2.10. The minimum Gasteiger partial charge on any atom is -0.308 e. The van der Waals surface area contributed by atoms with Crippen LogP contribution in [0.4, 0.5) is 0 Å². The lowest BCUT2D eigenvalue weighted by molar-refractivity contribution is 0.457. The van der Waals surface area contributed by atoms with E-state index >= 15 is 0 Å². The van der Waals surface area contributed by atoms with Crippen LogP contribution in [0.1, 0.15) is 39.6 Å². The van der Waals surface area contributed by atoms with E-state index in [1.54, 1.807) is 0 Å². The predicted molar refractivity (Wildman–Crippen MR) is 86.3 cm³/mol. The fourth-order valence-electron chi connectivity index (χ4n) is 3.34. The second kappa shape index (κ2) is 4.44. The van der Waals surface area contributed by atoms with Gasteiger partial charge in [-0.1, -0.05) is 27.7 Å². The second-order valence-electron chi connectivity index (χ2n) is 6.68. The first-order valence-electron chi connectivity index (χ1n) is 6.89. The van der Waals surface area contributed by atoms with Crippen LogP contribution in [0.3, 0.4) is 0 Å². The Morgan fingerprint density at radius 2 is 1.95 bits per heavy atom. The normalized spacial score (nSPS) is 20.5. The Balaban J connectivity index is 2.21. The Kier molecular flexibility index (Phi) is 3.18. The Morgan fingerprint density at radius 3 is 2.50 bits per heavy atom. The van der Waals surface area contributed by atoms with E-state index in [-0.39, 0.29) is 10.8 Å². The van der Waals surface area contributed by atoms with E-state index in [2.05, 4.69) is 53.2 Å². The molecule has 0 N–H and O–H groups in total. The van der Waals surface area contributed by atoms with Crippen LogP contribution in [0.15, 0.2) is 16.7 Å². The summed E-state index contributed by atoms with van der Waals surface area (Å²) in [6.45, 7) is 9.25. The van der Waals surface area contributed by atoms with Crippen LogP contribution in [0.25, 0.3) is 11.2 Å². The summed E-state index contributed by atoms with van der Waals surface area (Å²) in [5.41, 5.74) is 2.40. The molecule has 0 unspecified atom stereocenters. The highest BCUT2D eigenvalue weighted by Crippen LogP contribution is 2.71. The van der Waals surface area contributed by atoms with E-state index in [0.717, 1.165) is 27.9 Å². The fourth-order valence-corrected chi connectivity index (χ4v) is 3.83. The molecule has 1 aliphatic rings. The molecule has 0 radical (unpaired) electrons. The lowest BCUT2D eigenvalue weighted by Crippen LogP contribution is -2.07. The second-order valence-corrected chi connectivity index (χ2v) is 7.97. The summed E-state index contributed by atoms with van der Waals surface area (Å²) in [6, 6.07) is 2.45. The zero-order valence-corrected chi connectivity index (χ0v) is 14.6. The van der Waals surface area contributed by atoms with Gasteiger partial charge in [0.1, 0.15) is 11.3 Å². The van der Waals surface area contributed by atoms with Crippen molar-refractivity contribution >= 4 is 38.7 Å². The quantitative estimate of drug-likeness (QED) is 0.754. The van der Waals surface area contributed by atoms with Gasteiger partial charge in [0.2, 0.25) is 0 Å². The minimum atomic E-state index is 0.246. The number of aryl methyl sites for hydroxylation is 1. The van der Waals surface area contributed by atoms with E-state index in [1.807, 2.05) is 12.3 Å². The third-order valence-electron chi connectivity index (χ3n) is 5.09. The van der Waals surface area contributed by atoms with Crippen LogP contribution in [0.5, 0.6) is 0 Å². The molecular formula is C15H19BrClN3. The largest absolute Gasteiger partial charge is 0.308 e. The van der Waals surface area contributed by atoms with Gasteiger partial charge in [-0.15, -0.1) is 11.6 Å². The molecule has 1 saturated carbocycles. The van der Waals surface area contributed by atoms with Crippen LogP contribution in [0, 0.1) is 10.8 Å². The molecule has 0 atom stereocenters. The average Bonchev–Trinajstić information content (AvgIpc) is 2.64. The van der Waals surface area contributed by atoms with E-state index in [4.69, 9.17) is 16.6 Å². The van der Waals surface area contributed by atoms with Crippen molar-refractivity contribution in [2.75, 3.05) is 5.88 Å². The highest BCUT2D eigenvalue weighted by Gasteiger charge is 2.66. The summed E-state index contributed by atoms with van der Waals surface area (Å²) in [7, 11) is 0. The zero-order chi connectivity index (χ0) is 14.7. The molecular weight excluding hydrogens is 338 g/mol. The average molecular weight is 357 g/mol. The molecule has 5 heteroatoms. The van der Waals surface area contributed by atoms with E-state index in [1.165, 1.54) is 0 Å². The molecule has 1 aliphatic carbocycles. The predicted octanol–water partition coefficient (Wildman–Crippen LogP) is 4.58. The number of halogens is 2. The van der Waals surface area contributed by atoms with E-state index in [0.29, 0.717) is 11.9 Å². The number of fused-ring (bicyclic) bond motifs is 1. The zero-order valence-electron chi connectivity index (χ0n) is 12.2. The maximum absolute atomic E-state index is 5.95. The topological polar surface area (TPSA) is 30.7 Å². The Morgan fingerprint density at radius 1 is 1.30 bits per heavy atom. The van der Waals surface area contributed by atoms with E-state index < -0.39 is 0 Å². The summed E-state index contributed by atoms with van der Waals surface area (Å²) >= 11 is 9.42. The molecule has 0 aromatic carbocycles. The van der Waals surface area contributed by atoms with Crippen molar-refractivity contribution in [3.63, 3.8) is 0 Å². The van der Waals surface area contributed by atoms with Crippen molar-refractivity contribution in [2.24, 2.45) is 10.8 Å². The van der Waals surface area contributed by atoms with Crippen LogP contribution >= 0.6 is 27.5 Å². The third-order valence-corrected chi connectivity index (χ3v) is 5.71. The van der Waals surface area contributed by atoms with Gasteiger partial charge in [0.25, 0.3) is 0 Å². The molecule has 2 aromatic rings. The SMILES string of the molecule is CC1(C)C(n2c(CCCl)nc3cc(Br)cnc32)C1(C)C. The van der Waals surface area contributed by atoms with Gasteiger partial charge < -0.3 is 4.57 Å². The molecule has 0 spiro atoms. The fraction of sp³-hybridized carbons (Fsp3) is 0.600. The summed E-state index contributed by atoms with van der Waals surface area (Å²) in [4.78, 5) is 9.33. The van der Waals surface area contributed by atoms with Gasteiger partial charge in [-0.3, -0.25) is 0 Å². The number of hydrogen-bond acceptors (Lipinski definition) is 2. The van der Waals surface area contributed by atoms with E-state index in [9.17, 15) is 0 Å². The lowest BCUT2D eigenvalue weighted by atomic mass is 10.0. The smallest absolute Gasteiger partial charge is 0.160 e. The number of rotatable bonds is 3. The van der Waals surface area contributed by atoms with Crippen LogP contribution < -0.4 is 0 Å². The third kappa shape index (κ3) is 1.84. The summed E-state index contributed by atoms with van der Waals surface area (Å²) in [5.74, 6) is 1.63. The molecule has 3 nitrogen and oxygen atoms in total. The number of alkyl halides is 1. The van der Waals surface area contributed by atoms with Crippen molar-refractivity contribution < 1.29 is 0 Å². The highest BCUT2D eigenvalue weighted by molar-refractivity contribution is 9.10. The maximum Gasteiger partial charge on any atom is 0.160 e. The van der Waals surface area contributed by atoms with Crippen LogP contribution in [-0.4, -0.2) is 20.4 Å². The highest BCUT2D eigenvalue weighted by atomic mass is 79.9. The Labute approximate surface area is 132 Å². The molecule has 0 saturated heterocycles. The number of imidazole rings is 1. The van der Waals surface area contributed by atoms with Crippen molar-refractivity contribution in [3.05, 3.63) is 22.6 Å². The van der Waals surface area contributed by atoms with Gasteiger partial charge in [0, 0.05) is 29.0 Å². The van der Waals surface area contributed by atoms with Crippen molar-refractivity contribution in [1.29, 1.82) is 0 Å². The molecule has 0 bridgehead atoms. The van der Waals surface area contributed by atoms with Crippen LogP contribution in [0.2, 0.25) is 0 Å². The summed E-state index contributed by atoms with van der Waals surface area (Å²) in [6.07, 6.45) is 2.62. The molecule has 0 amide bonds. The van der Waals surface area contributed by atoms with Gasteiger partial charge >= 0.3 is 0 Å². The number of aromatic nitrogens is 3. The first-order chi connectivity index (χ1) is 9.30. The number of pyridine rings is 1. The maximum atomic E-state index is 5.95. The van der Waals surface area contributed by atoms with Crippen molar-refractivity contribution in [2.45, 2.75) is 40.2 Å². The molecule has 20 heavy (non-hydrogen) atoms. The molecule has 2 aromatic heterocycles. The van der Waals surface area contributed by atoms with Gasteiger partial charge in [-0.25, -0.2) is 9.97 Å². The standard InChI is InChI=1S/C15H19BrClN3/c1-14(2)13(15(14,3)4)20-11(5-6-17)19-10-7-9(16)8-18-12(10)20/h7-8,13H,5-6H2,1-4H3. The first kappa shape index (κ1) is 14.3. The van der Waals surface area contributed by atoms with Gasteiger partial charge in [0.15, 0.2) is 5.65 Å². The summed E-state index contributed by atoms with van der Waals surface area (Å²) in [5, 5.41) is 0. The molecule has 108 valence electrons. The minimum absolute atomic E-state index is 0.246. The van der Waals surface area contributed by atoms with Crippen LogP contribution in [-0.2, 0) is 6.42 Å². The Hall–Kier alpha value is -0.610. The monoisotopic (exact) mass is 355 g/mol. The van der Waals surface area contributed by atoms with Gasteiger partial charge in [-0.2, -0.15) is 0 Å². The van der Waals surface area contributed by atoms with Crippen molar-refractivity contribution in [3.8, 4) is 0 Å². The molecule has 3 rings (SSSR count). The summed E-state index contributed by atoms with van der Waals surface area (Å²) < 4.78 is 3.27. The molecule has 1 fully saturated rings. The molecule has 2 heterocycles.